The average molecular weight is 333 g/mol. The summed E-state index contributed by atoms with van der Waals surface area (Å²) >= 11 is 0. The number of aliphatic hydroxyl groups excluding tert-OH is 1. The van der Waals surface area contributed by atoms with E-state index in [1.807, 2.05) is 0 Å². The maximum absolute atomic E-state index is 11.6. The minimum absolute atomic E-state index is 0.00973. The number of guanidine groups is 1. The van der Waals surface area contributed by atoms with Gasteiger partial charge in [-0.15, -0.1) is 0 Å². The monoisotopic (exact) mass is 333 g/mol. The molecular formula is C10H16N5O6P. The zero-order valence-corrected chi connectivity index (χ0v) is 12.3. The Kier molecular flexibility index (Phi) is 5.04. The highest BCUT2D eigenvalue weighted by Gasteiger charge is 2.35. The van der Waals surface area contributed by atoms with E-state index in [1.54, 1.807) is 0 Å². The van der Waals surface area contributed by atoms with Gasteiger partial charge in [-0.1, -0.05) is 0 Å². The van der Waals surface area contributed by atoms with Crippen LogP contribution in [0.2, 0.25) is 0 Å². The summed E-state index contributed by atoms with van der Waals surface area (Å²) in [5.74, 6) is -0.433. The van der Waals surface area contributed by atoms with Crippen LogP contribution in [0, 0.1) is 0 Å². The first kappa shape index (κ1) is 16.7. The van der Waals surface area contributed by atoms with Crippen LogP contribution in [0.3, 0.4) is 0 Å². The quantitative estimate of drug-likeness (QED) is 0.382. The van der Waals surface area contributed by atoms with Crippen LogP contribution in [0.5, 0.6) is 0 Å². The van der Waals surface area contributed by atoms with Crippen LogP contribution < -0.4 is 5.73 Å². The molecule has 0 spiro atoms. The molecule has 5 N–H and O–H groups in total. The Hall–Kier alpha value is -1.65. The number of hydrogen-bond donors (Lipinski definition) is 4. The van der Waals surface area contributed by atoms with Crippen molar-refractivity contribution in [3.05, 3.63) is 0 Å². The lowest BCUT2D eigenvalue weighted by Crippen LogP contribution is -2.41. The second-order valence-electron chi connectivity index (χ2n) is 4.69. The molecule has 0 bridgehead atoms. The molecule has 2 aliphatic heterocycles. The normalized spacial score (nSPS) is 22.4. The number of amides is 1. The minimum atomic E-state index is -4.15. The van der Waals surface area contributed by atoms with E-state index in [4.69, 9.17) is 25.4 Å². The number of fused-ring (bicyclic) bond motifs is 1. The van der Waals surface area contributed by atoms with E-state index in [0.717, 1.165) is 0 Å². The first-order valence-electron chi connectivity index (χ1n) is 6.33. The van der Waals surface area contributed by atoms with E-state index in [-0.39, 0.29) is 24.9 Å². The van der Waals surface area contributed by atoms with Crippen molar-refractivity contribution in [3.63, 3.8) is 0 Å². The zero-order chi connectivity index (χ0) is 16.3. The molecule has 0 fully saturated rings. The Morgan fingerprint density at radius 3 is 2.82 bits per heavy atom. The summed E-state index contributed by atoms with van der Waals surface area (Å²) in [6.07, 6.45) is 0.177. The van der Waals surface area contributed by atoms with E-state index in [1.165, 1.54) is 11.2 Å². The number of nitrogens with two attached hydrogens (primary N) is 1. The smallest absolute Gasteiger partial charge is 0.325 e. The number of aliphatic imine (C=N–C) groups is 3. The van der Waals surface area contributed by atoms with Gasteiger partial charge in [0.25, 0.3) is 5.91 Å². The van der Waals surface area contributed by atoms with Crippen molar-refractivity contribution in [2.75, 3.05) is 19.5 Å². The van der Waals surface area contributed by atoms with Crippen LogP contribution in [-0.2, 0) is 14.1 Å². The molecule has 2 unspecified atom stereocenters. The standard InChI is InChI=1S/C10H16N5O6P/c11-10-13-8-7(9(17)14-10)12-4-15(8)5-21-6(3-16)1-2-22(18,19)20/h4,6-7,16H,1-3,5H2,(H2,11,14,17)(H2,18,19,20). The van der Waals surface area contributed by atoms with Gasteiger partial charge in [-0.2, -0.15) is 9.98 Å². The molecule has 22 heavy (non-hydrogen) atoms. The van der Waals surface area contributed by atoms with Gasteiger partial charge in [0.1, 0.15) is 6.73 Å². The first-order valence-corrected chi connectivity index (χ1v) is 8.13. The highest BCUT2D eigenvalue weighted by Crippen LogP contribution is 2.35. The number of hydrogen-bond acceptors (Lipinski definition) is 8. The molecule has 0 saturated carbocycles. The van der Waals surface area contributed by atoms with E-state index in [9.17, 15) is 9.36 Å². The van der Waals surface area contributed by atoms with Crippen molar-refractivity contribution in [3.8, 4) is 0 Å². The number of aliphatic hydroxyl groups is 1. The topological polar surface area (TPSA) is 170 Å². The zero-order valence-electron chi connectivity index (χ0n) is 11.4. The maximum Gasteiger partial charge on any atom is 0.325 e. The number of nitrogens with zero attached hydrogens (tertiary/aromatic N) is 4. The predicted octanol–water partition coefficient (Wildman–Crippen LogP) is -2.14. The molecule has 2 aliphatic rings. The van der Waals surface area contributed by atoms with Crippen molar-refractivity contribution < 1.29 is 29.0 Å². The molecule has 2 heterocycles. The molecule has 2 rings (SSSR count). The molecule has 11 nitrogen and oxygen atoms in total. The van der Waals surface area contributed by atoms with Gasteiger partial charge in [0.05, 0.1) is 25.2 Å². The van der Waals surface area contributed by atoms with Gasteiger partial charge in [0.2, 0.25) is 5.96 Å². The molecule has 0 radical (unpaired) electrons. The van der Waals surface area contributed by atoms with Crippen molar-refractivity contribution >= 4 is 31.6 Å². The van der Waals surface area contributed by atoms with Gasteiger partial charge in [0, 0.05) is 0 Å². The third kappa shape index (κ3) is 4.18. The molecule has 0 aliphatic carbocycles. The number of carbonyl (C=O) groups is 1. The van der Waals surface area contributed by atoms with Crippen LogP contribution in [0.4, 0.5) is 0 Å². The largest absolute Gasteiger partial charge is 0.394 e. The second kappa shape index (κ2) is 6.63. The summed E-state index contributed by atoms with van der Waals surface area (Å²) in [6.45, 7) is -0.491. The van der Waals surface area contributed by atoms with Gasteiger partial charge in [-0.05, 0) is 6.42 Å². The number of rotatable bonds is 7. The van der Waals surface area contributed by atoms with Gasteiger partial charge < -0.3 is 25.4 Å². The summed E-state index contributed by atoms with van der Waals surface area (Å²) in [5.41, 5.74) is 5.41. The average Bonchev–Trinajstić information content (AvgIpc) is 2.81. The molecular weight excluding hydrogens is 317 g/mol. The van der Waals surface area contributed by atoms with Crippen molar-refractivity contribution in [1.82, 2.24) is 4.90 Å². The van der Waals surface area contributed by atoms with Crippen LogP contribution in [-0.4, -0.2) is 75.5 Å². The highest BCUT2D eigenvalue weighted by molar-refractivity contribution is 7.51. The lowest BCUT2D eigenvalue weighted by Gasteiger charge is -2.22. The number of carbonyl (C=O) groups excluding carboxylic acids is 1. The summed E-state index contributed by atoms with van der Waals surface area (Å²) < 4.78 is 16.2. The lowest BCUT2D eigenvalue weighted by atomic mass is 10.2. The third-order valence-electron chi connectivity index (χ3n) is 2.98. The first-order chi connectivity index (χ1) is 10.3. The van der Waals surface area contributed by atoms with Gasteiger partial charge in [0.15, 0.2) is 11.9 Å². The maximum atomic E-state index is 11.6. The lowest BCUT2D eigenvalue weighted by molar-refractivity contribution is -0.117. The summed E-state index contributed by atoms with van der Waals surface area (Å²) in [5, 5.41) is 9.16. The number of amidine groups is 1. The van der Waals surface area contributed by atoms with Crippen LogP contribution in [0.15, 0.2) is 15.0 Å². The molecule has 0 aromatic heterocycles. The number of ether oxygens (including phenoxy) is 1. The van der Waals surface area contributed by atoms with E-state index in [0.29, 0.717) is 0 Å². The predicted molar refractivity (Wildman–Crippen MR) is 76.5 cm³/mol. The SMILES string of the molecule is NC1=NC(=O)C2N=CN(COC(CO)CCP(=O)(O)O)C2=N1. The minimum Gasteiger partial charge on any atom is -0.394 e. The van der Waals surface area contributed by atoms with E-state index in [2.05, 4.69) is 15.0 Å². The van der Waals surface area contributed by atoms with Gasteiger partial charge in [-0.25, -0.2) is 0 Å². The van der Waals surface area contributed by atoms with Crippen molar-refractivity contribution in [2.45, 2.75) is 18.6 Å². The summed E-state index contributed by atoms with van der Waals surface area (Å²) in [6, 6.07) is -0.849. The van der Waals surface area contributed by atoms with Crippen LogP contribution in [0.25, 0.3) is 0 Å². The molecule has 12 heteroatoms. The second-order valence-corrected chi connectivity index (χ2v) is 6.47. The molecule has 2 atom stereocenters. The Morgan fingerprint density at radius 2 is 2.18 bits per heavy atom. The fourth-order valence-corrected chi connectivity index (χ4v) is 2.50. The van der Waals surface area contributed by atoms with Crippen LogP contribution >= 0.6 is 7.60 Å². The van der Waals surface area contributed by atoms with Crippen molar-refractivity contribution in [1.29, 1.82) is 0 Å². The molecule has 0 aromatic rings. The fraction of sp³-hybridized carbons (Fsp3) is 0.600. The highest BCUT2D eigenvalue weighted by atomic mass is 31.2. The fourth-order valence-electron chi connectivity index (χ4n) is 1.87. The Bertz CT molecular complexity index is 584. The molecule has 0 saturated heterocycles. The van der Waals surface area contributed by atoms with Crippen molar-refractivity contribution in [2.24, 2.45) is 20.7 Å². The Balaban J connectivity index is 1.91. The van der Waals surface area contributed by atoms with E-state index < -0.39 is 38.4 Å². The molecule has 1 amide bonds. The van der Waals surface area contributed by atoms with Gasteiger partial charge >= 0.3 is 7.60 Å². The third-order valence-corrected chi connectivity index (χ3v) is 3.82. The summed E-state index contributed by atoms with van der Waals surface area (Å²) in [4.78, 5) is 42.0. The molecule has 122 valence electrons. The molecule has 0 aromatic carbocycles. The Morgan fingerprint density at radius 1 is 1.45 bits per heavy atom. The Labute approximate surface area is 125 Å². The van der Waals surface area contributed by atoms with Gasteiger partial charge in [-0.3, -0.25) is 19.3 Å². The van der Waals surface area contributed by atoms with Crippen LogP contribution in [0.1, 0.15) is 6.42 Å². The van der Waals surface area contributed by atoms with E-state index >= 15 is 0 Å². The summed E-state index contributed by atoms with van der Waals surface area (Å²) in [7, 11) is -4.15.